The van der Waals surface area contributed by atoms with Gasteiger partial charge in [-0.15, -0.1) is 0 Å². The average molecular weight is 179 g/mol. The number of rotatable bonds is 0. The lowest BCUT2D eigenvalue weighted by atomic mass is 9.98. The van der Waals surface area contributed by atoms with Gasteiger partial charge in [-0.05, 0) is 6.92 Å². The van der Waals surface area contributed by atoms with Gasteiger partial charge in [-0.3, -0.25) is 5.73 Å². The van der Waals surface area contributed by atoms with E-state index >= 15 is 0 Å². The third-order valence-electron chi connectivity index (χ3n) is 1.95. The Morgan fingerprint density at radius 3 is 2.25 bits per heavy atom. The fourth-order valence-electron chi connectivity index (χ4n) is 1.15. The molecule has 0 bridgehead atoms. The molecule has 0 aromatic carbocycles. The summed E-state index contributed by atoms with van der Waals surface area (Å²) in [7, 11) is 0. The summed E-state index contributed by atoms with van der Waals surface area (Å²) in [6.07, 6.45) is -5.27. The van der Waals surface area contributed by atoms with Crippen LogP contribution in [0, 0.1) is 0 Å². The number of hydrogen-bond donors (Lipinski definition) is 5. The van der Waals surface area contributed by atoms with Gasteiger partial charge in [0, 0.05) is 0 Å². The fourth-order valence-corrected chi connectivity index (χ4v) is 1.15. The molecule has 6 nitrogen and oxygen atoms in total. The Bertz CT molecular complexity index is 173. The summed E-state index contributed by atoms with van der Waals surface area (Å²) in [4.78, 5) is 0. The van der Waals surface area contributed by atoms with Crippen LogP contribution < -0.4 is 5.73 Å². The molecule has 72 valence electrons. The highest BCUT2D eigenvalue weighted by Gasteiger charge is 2.49. The van der Waals surface area contributed by atoms with Gasteiger partial charge in [0.15, 0.2) is 6.10 Å². The summed E-state index contributed by atoms with van der Waals surface area (Å²) in [6.45, 7) is 1.43. The van der Waals surface area contributed by atoms with Gasteiger partial charge in [0.05, 0.1) is 6.10 Å². The minimum atomic E-state index is -2.29. The van der Waals surface area contributed by atoms with Crippen LogP contribution in [0.15, 0.2) is 0 Å². The molecule has 1 aliphatic rings. The molecule has 5 atom stereocenters. The molecule has 0 aliphatic carbocycles. The zero-order chi connectivity index (χ0) is 9.52. The maximum Gasteiger partial charge on any atom is 0.252 e. The van der Waals surface area contributed by atoms with E-state index in [9.17, 15) is 0 Å². The molecule has 6 N–H and O–H groups in total. The summed E-state index contributed by atoms with van der Waals surface area (Å²) in [6, 6.07) is 0. The lowest BCUT2D eigenvalue weighted by molar-refractivity contribution is -0.340. The molecule has 0 unspecified atom stereocenters. The van der Waals surface area contributed by atoms with E-state index in [-0.39, 0.29) is 0 Å². The van der Waals surface area contributed by atoms with Gasteiger partial charge in [-0.2, -0.15) is 0 Å². The van der Waals surface area contributed by atoms with Crippen molar-refractivity contribution in [1.29, 1.82) is 0 Å². The molecule has 0 spiro atoms. The summed E-state index contributed by atoms with van der Waals surface area (Å²) in [5, 5.41) is 36.5. The molecule has 1 rings (SSSR count). The van der Waals surface area contributed by atoms with E-state index in [0.717, 1.165) is 0 Å². The Kier molecular flexibility index (Phi) is 2.39. The second-order valence-electron chi connectivity index (χ2n) is 3.00. The van der Waals surface area contributed by atoms with Crippen molar-refractivity contribution in [3.05, 3.63) is 0 Å². The molecule has 1 heterocycles. The summed E-state index contributed by atoms with van der Waals surface area (Å²) in [5.41, 5.74) is 5.08. The van der Waals surface area contributed by atoms with Gasteiger partial charge < -0.3 is 25.2 Å². The summed E-state index contributed by atoms with van der Waals surface area (Å²) >= 11 is 0. The number of nitrogens with two attached hydrogens (primary N) is 1. The molecule has 0 saturated carbocycles. The number of ether oxygens (including phenoxy) is 1. The molecule has 12 heavy (non-hydrogen) atoms. The fraction of sp³-hybridized carbons (Fsp3) is 1.00. The van der Waals surface area contributed by atoms with Gasteiger partial charge in [0.2, 0.25) is 0 Å². The quantitative estimate of drug-likeness (QED) is 0.255. The molecule has 1 aliphatic heterocycles. The van der Waals surface area contributed by atoms with Crippen molar-refractivity contribution >= 4 is 0 Å². The van der Waals surface area contributed by atoms with E-state index < -0.39 is 30.3 Å². The highest BCUT2D eigenvalue weighted by molar-refractivity contribution is 4.91. The Labute approximate surface area is 69.2 Å². The maximum atomic E-state index is 9.15. The van der Waals surface area contributed by atoms with Crippen molar-refractivity contribution in [3.8, 4) is 0 Å². The van der Waals surface area contributed by atoms with E-state index in [4.69, 9.17) is 26.2 Å². The van der Waals surface area contributed by atoms with Crippen molar-refractivity contribution in [1.82, 2.24) is 0 Å². The maximum absolute atomic E-state index is 9.15. The molecular formula is C6H13NO5. The largest absolute Gasteiger partial charge is 0.388 e. The van der Waals surface area contributed by atoms with Crippen LogP contribution in [0.3, 0.4) is 0 Å². The van der Waals surface area contributed by atoms with Gasteiger partial charge in [0.25, 0.3) is 5.91 Å². The van der Waals surface area contributed by atoms with Crippen molar-refractivity contribution in [2.75, 3.05) is 0 Å². The third-order valence-corrected chi connectivity index (χ3v) is 1.95. The van der Waals surface area contributed by atoms with Crippen molar-refractivity contribution in [2.45, 2.75) is 37.3 Å². The number of aliphatic hydroxyl groups is 4. The monoisotopic (exact) mass is 179 g/mol. The van der Waals surface area contributed by atoms with Crippen molar-refractivity contribution in [3.63, 3.8) is 0 Å². The van der Waals surface area contributed by atoms with Gasteiger partial charge in [-0.25, -0.2) is 0 Å². The summed E-state index contributed by atoms with van der Waals surface area (Å²) < 4.78 is 4.64. The molecule has 0 radical (unpaired) electrons. The smallest absolute Gasteiger partial charge is 0.252 e. The first-order chi connectivity index (χ1) is 5.36. The Hall–Kier alpha value is -0.240. The lowest BCUT2D eigenvalue weighted by Crippen LogP contribution is -2.67. The normalized spacial score (nSPS) is 55.5. The molecule has 0 aromatic rings. The second-order valence-corrected chi connectivity index (χ2v) is 3.00. The minimum Gasteiger partial charge on any atom is -0.388 e. The van der Waals surface area contributed by atoms with Crippen LogP contribution in [0.25, 0.3) is 0 Å². The van der Waals surface area contributed by atoms with E-state index in [2.05, 4.69) is 4.74 Å². The topological polar surface area (TPSA) is 116 Å². The van der Waals surface area contributed by atoms with Crippen LogP contribution >= 0.6 is 0 Å². The van der Waals surface area contributed by atoms with Gasteiger partial charge in [-0.1, -0.05) is 0 Å². The SMILES string of the molecule is C[C@H]1O[C@@](N)(O)[C@H](O)[C@@H](O)[C@@H]1O. The van der Waals surface area contributed by atoms with E-state index in [1.807, 2.05) is 0 Å². The lowest BCUT2D eigenvalue weighted by Gasteiger charge is -2.42. The highest BCUT2D eigenvalue weighted by Crippen LogP contribution is 2.23. The standard InChI is InChI=1S/C6H13NO5/c1-2-3(8)4(9)5(10)6(7,11)12-2/h2-5,8-11H,7H2,1H3/t2-,3-,4+,5-,6+/m1/s1. The third kappa shape index (κ3) is 1.45. The molecule has 0 amide bonds. The zero-order valence-electron chi connectivity index (χ0n) is 6.58. The Balaban J connectivity index is 2.78. The Morgan fingerprint density at radius 2 is 1.75 bits per heavy atom. The minimum absolute atomic E-state index is 0.821. The van der Waals surface area contributed by atoms with Crippen LogP contribution in [-0.4, -0.2) is 50.8 Å². The van der Waals surface area contributed by atoms with E-state index in [1.165, 1.54) is 6.92 Å². The highest BCUT2D eigenvalue weighted by atomic mass is 16.7. The van der Waals surface area contributed by atoms with Crippen LogP contribution in [-0.2, 0) is 4.74 Å². The first kappa shape index (κ1) is 9.85. The van der Waals surface area contributed by atoms with Crippen molar-refractivity contribution in [2.24, 2.45) is 5.73 Å². The Morgan fingerprint density at radius 1 is 1.25 bits per heavy atom. The second kappa shape index (κ2) is 2.91. The van der Waals surface area contributed by atoms with Crippen molar-refractivity contribution < 1.29 is 25.2 Å². The van der Waals surface area contributed by atoms with Gasteiger partial charge in [0.1, 0.15) is 12.2 Å². The molecular weight excluding hydrogens is 166 g/mol. The number of aliphatic hydroxyl groups excluding tert-OH is 3. The van der Waals surface area contributed by atoms with Crippen LogP contribution in [0.2, 0.25) is 0 Å². The molecule has 1 saturated heterocycles. The van der Waals surface area contributed by atoms with Crippen LogP contribution in [0.1, 0.15) is 6.92 Å². The predicted molar refractivity (Wildman–Crippen MR) is 37.7 cm³/mol. The van der Waals surface area contributed by atoms with Crippen LogP contribution in [0.5, 0.6) is 0 Å². The molecule has 0 aromatic heterocycles. The number of hydrogen-bond acceptors (Lipinski definition) is 6. The van der Waals surface area contributed by atoms with E-state index in [0.29, 0.717) is 0 Å². The van der Waals surface area contributed by atoms with Gasteiger partial charge >= 0.3 is 0 Å². The zero-order valence-corrected chi connectivity index (χ0v) is 6.58. The van der Waals surface area contributed by atoms with Crippen LogP contribution in [0.4, 0.5) is 0 Å². The molecule has 1 fully saturated rings. The predicted octanol–water partition coefficient (Wildman–Crippen LogP) is -2.91. The average Bonchev–Trinajstić information content (AvgIpc) is 1.97. The first-order valence-electron chi connectivity index (χ1n) is 3.59. The van der Waals surface area contributed by atoms with E-state index in [1.54, 1.807) is 0 Å². The summed E-state index contributed by atoms with van der Waals surface area (Å²) in [5.74, 6) is -2.29. The first-order valence-corrected chi connectivity index (χ1v) is 3.59. The molecule has 6 heteroatoms.